The van der Waals surface area contributed by atoms with Crippen molar-refractivity contribution in [2.24, 2.45) is 0 Å². The van der Waals surface area contributed by atoms with Crippen molar-refractivity contribution in [3.63, 3.8) is 0 Å². The van der Waals surface area contributed by atoms with Gasteiger partial charge in [0.05, 0.1) is 21.8 Å². The van der Waals surface area contributed by atoms with Crippen LogP contribution in [-0.2, 0) is 4.79 Å². The Morgan fingerprint density at radius 1 is 1.32 bits per heavy atom. The molecule has 31 heavy (non-hydrogen) atoms. The summed E-state index contributed by atoms with van der Waals surface area (Å²) in [5.74, 6) is 0.812. The largest absolute Gasteiger partial charge is 0.454 e. The van der Waals surface area contributed by atoms with Crippen molar-refractivity contribution in [1.29, 1.82) is 0 Å². The van der Waals surface area contributed by atoms with Crippen LogP contribution in [0.5, 0.6) is 11.5 Å². The third kappa shape index (κ3) is 3.20. The monoisotopic (exact) mass is 521 g/mol. The lowest BCUT2D eigenvalue weighted by atomic mass is 10.0. The van der Waals surface area contributed by atoms with Crippen molar-refractivity contribution in [3.05, 3.63) is 55.7 Å². The molecular weight excluding hydrogens is 508 g/mol. The van der Waals surface area contributed by atoms with E-state index in [1.165, 1.54) is 18.7 Å². The topological polar surface area (TPSA) is 88.4 Å². The highest BCUT2D eigenvalue weighted by Gasteiger charge is 2.46. The third-order valence-corrected chi connectivity index (χ3v) is 6.51. The summed E-state index contributed by atoms with van der Waals surface area (Å²) < 4.78 is 13.3. The van der Waals surface area contributed by atoms with Crippen LogP contribution < -0.4 is 24.6 Å². The molecule has 1 aromatic heterocycles. The lowest BCUT2D eigenvalue weighted by Crippen LogP contribution is -2.60. The summed E-state index contributed by atoms with van der Waals surface area (Å²) in [6.07, 6.45) is 1.01. The number of rotatable bonds is 2. The number of nitrogens with zero attached hydrogens (tertiary/aromatic N) is 3. The Morgan fingerprint density at radius 3 is 2.77 bits per heavy atom. The van der Waals surface area contributed by atoms with Crippen LogP contribution in [0.1, 0.15) is 18.7 Å². The maximum absolute atomic E-state index is 13.1. The molecular formula is C20H15BrClN4O4S+. The number of nitrogens with one attached hydrogen (secondary N) is 1. The van der Waals surface area contributed by atoms with E-state index in [0.717, 1.165) is 4.47 Å². The van der Waals surface area contributed by atoms with Gasteiger partial charge in [0, 0.05) is 22.6 Å². The molecule has 1 amide bonds. The highest BCUT2D eigenvalue weighted by molar-refractivity contribution is 9.10. The standard InChI is InChI=1S/C20H14BrClN4O4S/c1-9(27)25-14-4-3-10(21)5-12(14)17-18(28)23-20(31-2)24-26(17)19(25)11-6-15-16(7-13(11)22)30-8-29-15/h3-7,19H,8H2,1-2H3/p+1. The predicted molar refractivity (Wildman–Crippen MR) is 119 cm³/mol. The number of anilines is 1. The fraction of sp³-hybridized carbons (Fsp3) is 0.200. The van der Waals surface area contributed by atoms with Crippen molar-refractivity contribution in [2.45, 2.75) is 18.2 Å². The van der Waals surface area contributed by atoms with Gasteiger partial charge in [-0.25, -0.2) is 4.90 Å². The number of amides is 1. The van der Waals surface area contributed by atoms with E-state index in [2.05, 4.69) is 26.0 Å². The van der Waals surface area contributed by atoms with Crippen LogP contribution in [-0.4, -0.2) is 29.0 Å². The van der Waals surface area contributed by atoms with E-state index in [1.54, 1.807) is 33.8 Å². The van der Waals surface area contributed by atoms with Gasteiger partial charge in [-0.15, -0.1) is 0 Å². The van der Waals surface area contributed by atoms with Gasteiger partial charge in [-0.1, -0.05) is 39.3 Å². The van der Waals surface area contributed by atoms with Crippen molar-refractivity contribution in [3.8, 4) is 22.8 Å². The molecule has 2 aliphatic heterocycles. The van der Waals surface area contributed by atoms with Crippen molar-refractivity contribution >= 4 is 50.9 Å². The second kappa shape index (κ2) is 7.54. The van der Waals surface area contributed by atoms with Crippen molar-refractivity contribution in [2.75, 3.05) is 17.9 Å². The minimum atomic E-state index is -0.795. The first kappa shape index (κ1) is 20.3. The number of ether oxygens (including phenoxy) is 2. The van der Waals surface area contributed by atoms with Crippen LogP contribution in [0.4, 0.5) is 5.69 Å². The number of carbonyl (C=O) groups excluding carboxylic acids is 1. The second-order valence-corrected chi connectivity index (χ2v) is 9.03. The molecule has 1 N–H and O–H groups in total. The minimum Gasteiger partial charge on any atom is -0.454 e. The van der Waals surface area contributed by atoms with Gasteiger partial charge in [0.15, 0.2) is 11.5 Å². The van der Waals surface area contributed by atoms with E-state index in [-0.39, 0.29) is 18.3 Å². The Labute approximate surface area is 194 Å². The van der Waals surface area contributed by atoms with Gasteiger partial charge in [0.1, 0.15) is 0 Å². The first-order chi connectivity index (χ1) is 14.9. The number of halogens is 2. The van der Waals surface area contributed by atoms with Crippen LogP contribution in [0.25, 0.3) is 11.3 Å². The van der Waals surface area contributed by atoms with Gasteiger partial charge in [0.2, 0.25) is 17.9 Å². The zero-order chi connectivity index (χ0) is 21.9. The predicted octanol–water partition coefficient (Wildman–Crippen LogP) is 3.50. The molecule has 3 heterocycles. The van der Waals surface area contributed by atoms with Crippen LogP contribution in [0.2, 0.25) is 5.02 Å². The number of hydrogen-bond acceptors (Lipinski definition) is 6. The highest BCUT2D eigenvalue weighted by Crippen LogP contribution is 2.44. The fourth-order valence-corrected chi connectivity index (χ4v) is 4.82. The summed E-state index contributed by atoms with van der Waals surface area (Å²) in [5.41, 5.74) is 1.73. The Balaban J connectivity index is 1.87. The normalized spacial score (nSPS) is 16.1. The average Bonchev–Trinajstić information content (AvgIpc) is 3.18. The number of carbonyl (C=O) groups is 1. The Morgan fingerprint density at radius 2 is 2.06 bits per heavy atom. The van der Waals surface area contributed by atoms with E-state index in [9.17, 15) is 9.59 Å². The van der Waals surface area contributed by atoms with Gasteiger partial charge in [0.25, 0.3) is 6.17 Å². The fourth-order valence-electron chi connectivity index (χ4n) is 3.84. The molecule has 2 aromatic carbocycles. The number of benzene rings is 2. The van der Waals surface area contributed by atoms with Gasteiger partial charge in [-0.05, 0) is 35.2 Å². The van der Waals surface area contributed by atoms with Crippen molar-refractivity contribution < 1.29 is 19.0 Å². The summed E-state index contributed by atoms with van der Waals surface area (Å²) in [6, 6.07) is 8.79. The Bertz CT molecular complexity index is 1320. The zero-order valence-corrected chi connectivity index (χ0v) is 19.5. The molecule has 8 nitrogen and oxygen atoms in total. The maximum atomic E-state index is 13.1. The smallest absolute Gasteiger partial charge is 0.325 e. The maximum Gasteiger partial charge on any atom is 0.325 e. The van der Waals surface area contributed by atoms with E-state index in [0.29, 0.717) is 44.2 Å². The van der Waals surface area contributed by atoms with Crippen LogP contribution in [0.15, 0.2) is 44.8 Å². The van der Waals surface area contributed by atoms with Gasteiger partial charge < -0.3 is 9.47 Å². The lowest BCUT2D eigenvalue weighted by molar-refractivity contribution is -0.763. The van der Waals surface area contributed by atoms with Gasteiger partial charge in [-0.3, -0.25) is 14.6 Å². The number of aromatic nitrogens is 3. The molecule has 11 heteroatoms. The lowest BCUT2D eigenvalue weighted by Gasteiger charge is -2.31. The summed E-state index contributed by atoms with van der Waals surface area (Å²) in [5, 5.41) is 5.41. The third-order valence-electron chi connectivity index (χ3n) is 5.12. The molecule has 0 aliphatic carbocycles. The van der Waals surface area contributed by atoms with Crippen LogP contribution in [0.3, 0.4) is 0 Å². The van der Waals surface area contributed by atoms with E-state index >= 15 is 0 Å². The number of H-pyrrole nitrogens is 1. The van der Waals surface area contributed by atoms with Gasteiger partial charge in [-0.2, -0.15) is 0 Å². The zero-order valence-electron chi connectivity index (χ0n) is 16.3. The van der Waals surface area contributed by atoms with E-state index < -0.39 is 6.17 Å². The van der Waals surface area contributed by atoms with Crippen LogP contribution in [0, 0.1) is 0 Å². The molecule has 0 bridgehead atoms. The molecule has 0 radical (unpaired) electrons. The van der Waals surface area contributed by atoms with E-state index in [1.807, 2.05) is 12.3 Å². The Hall–Kier alpha value is -2.56. The quantitative estimate of drug-likeness (QED) is 0.409. The summed E-state index contributed by atoms with van der Waals surface area (Å²) >= 11 is 11.4. The molecule has 0 saturated carbocycles. The molecule has 5 rings (SSSR count). The number of hydrogen-bond donors (Lipinski definition) is 1. The molecule has 1 atom stereocenters. The summed E-state index contributed by atoms with van der Waals surface area (Å²) in [6.45, 7) is 1.55. The number of fused-ring (bicyclic) bond motifs is 4. The number of aromatic amines is 1. The second-order valence-electron chi connectivity index (χ2n) is 6.91. The molecule has 0 saturated heterocycles. The van der Waals surface area contributed by atoms with Crippen molar-refractivity contribution in [1.82, 2.24) is 10.1 Å². The molecule has 158 valence electrons. The summed E-state index contributed by atoms with van der Waals surface area (Å²) in [7, 11) is 0. The number of thioether (sulfide) groups is 1. The minimum absolute atomic E-state index is 0.0886. The molecule has 0 fully saturated rings. The molecule has 1 unspecified atom stereocenters. The highest BCUT2D eigenvalue weighted by atomic mass is 79.9. The average molecular weight is 523 g/mol. The SMILES string of the molecule is CSc1n[n+]2c(c(=O)[nH]1)-c1cc(Br)ccc1N(C(C)=O)C2c1cc2c(cc1Cl)OCO2. The van der Waals surface area contributed by atoms with Crippen LogP contribution >= 0.6 is 39.3 Å². The molecule has 3 aromatic rings. The Kier molecular flexibility index (Phi) is 4.95. The molecule has 0 spiro atoms. The first-order valence-electron chi connectivity index (χ1n) is 9.18. The van der Waals surface area contributed by atoms with Gasteiger partial charge >= 0.3 is 11.3 Å². The van der Waals surface area contributed by atoms with E-state index in [4.69, 9.17) is 21.1 Å². The first-order valence-corrected chi connectivity index (χ1v) is 11.6. The molecule has 2 aliphatic rings. The summed E-state index contributed by atoms with van der Waals surface area (Å²) in [4.78, 5) is 30.4.